The molecule has 1 aromatic rings. The summed E-state index contributed by atoms with van der Waals surface area (Å²) < 4.78 is 25.6. The first-order chi connectivity index (χ1) is 5.09. The Morgan fingerprint density at radius 2 is 2.27 bits per heavy atom. The molecule has 0 aliphatic carbocycles. The molecule has 0 radical (unpaired) electrons. The Kier molecular flexibility index (Phi) is 2.25. The second kappa shape index (κ2) is 3.02. The van der Waals surface area contributed by atoms with Gasteiger partial charge in [0.25, 0.3) is 11.3 Å². The van der Waals surface area contributed by atoms with E-state index in [4.69, 9.17) is 8.97 Å². The maximum atomic E-state index is 10.2. The normalized spacial score (nSPS) is 13.0. The van der Waals surface area contributed by atoms with Crippen molar-refractivity contribution in [2.75, 3.05) is 4.72 Å². The fraction of sp³-hybridized carbons (Fsp3) is 0.400. The minimum Gasteiger partial charge on any atom is -0.428 e. The zero-order chi connectivity index (χ0) is 8.43. The van der Waals surface area contributed by atoms with Gasteiger partial charge in [0.05, 0.1) is 5.69 Å². The third kappa shape index (κ3) is 2.02. The fourth-order valence-electron chi connectivity index (χ4n) is 0.591. The highest BCUT2D eigenvalue weighted by molar-refractivity contribution is 7.80. The molecule has 1 aromatic heterocycles. The van der Waals surface area contributed by atoms with Crippen molar-refractivity contribution in [2.24, 2.45) is 0 Å². The van der Waals surface area contributed by atoms with Gasteiger partial charge in [0.1, 0.15) is 5.76 Å². The van der Waals surface area contributed by atoms with E-state index in [0.717, 1.165) is 0 Å². The van der Waals surface area contributed by atoms with Crippen LogP contribution in [0, 0.1) is 13.8 Å². The molecule has 5 nitrogen and oxygen atoms in total. The van der Waals surface area contributed by atoms with Crippen molar-refractivity contribution in [1.29, 1.82) is 0 Å². The summed E-state index contributed by atoms with van der Waals surface area (Å²) in [6, 6.07) is 0.0702. The quantitative estimate of drug-likeness (QED) is 0.655. The van der Waals surface area contributed by atoms with Crippen LogP contribution in [0.15, 0.2) is 4.42 Å². The number of anilines is 1. The molecule has 0 saturated heterocycles. The number of aromatic nitrogens is 1. The number of hydrogen-bond acceptors (Lipinski definition) is 3. The van der Waals surface area contributed by atoms with Crippen LogP contribution in [-0.4, -0.2) is 13.7 Å². The van der Waals surface area contributed by atoms with Crippen molar-refractivity contribution in [3.8, 4) is 0 Å². The number of oxazole rings is 1. The van der Waals surface area contributed by atoms with Crippen molar-refractivity contribution in [3.63, 3.8) is 0 Å². The van der Waals surface area contributed by atoms with Gasteiger partial charge in [0, 0.05) is 0 Å². The lowest BCUT2D eigenvalue weighted by Gasteiger charge is -1.90. The summed E-state index contributed by atoms with van der Waals surface area (Å²) in [6.07, 6.45) is 0. The first-order valence-corrected chi connectivity index (χ1v) is 4.02. The molecule has 0 aromatic carbocycles. The lowest BCUT2D eigenvalue weighted by Crippen LogP contribution is -2.01. The van der Waals surface area contributed by atoms with Gasteiger partial charge in [-0.15, -0.1) is 0 Å². The molecule has 1 heterocycles. The lowest BCUT2D eigenvalue weighted by atomic mass is 10.4. The van der Waals surface area contributed by atoms with Crippen LogP contribution in [-0.2, 0) is 11.3 Å². The number of hydrogen-bond donors (Lipinski definition) is 2. The van der Waals surface area contributed by atoms with Crippen molar-refractivity contribution < 1.29 is 13.2 Å². The predicted molar refractivity (Wildman–Crippen MR) is 40.4 cm³/mol. The van der Waals surface area contributed by atoms with Crippen molar-refractivity contribution in [1.82, 2.24) is 4.98 Å². The van der Waals surface area contributed by atoms with Crippen molar-refractivity contribution in [2.45, 2.75) is 13.8 Å². The summed E-state index contributed by atoms with van der Waals surface area (Å²) in [5, 5.41) is 0. The van der Waals surface area contributed by atoms with E-state index in [-0.39, 0.29) is 6.01 Å². The van der Waals surface area contributed by atoms with E-state index in [2.05, 4.69) is 9.71 Å². The third-order valence-corrected chi connectivity index (χ3v) is 1.55. The number of nitrogens with one attached hydrogen (secondary N) is 1. The highest BCUT2D eigenvalue weighted by Gasteiger charge is 2.05. The SMILES string of the molecule is Cc1nc(NS(=O)O)oc1C. The van der Waals surface area contributed by atoms with Gasteiger partial charge in [-0.25, -0.2) is 8.93 Å². The second-order valence-electron chi connectivity index (χ2n) is 2.01. The van der Waals surface area contributed by atoms with Gasteiger partial charge in [-0.3, -0.25) is 4.55 Å². The Labute approximate surface area is 66.2 Å². The molecule has 2 N–H and O–H groups in total. The molecule has 0 saturated carbocycles. The molecule has 1 unspecified atom stereocenters. The molecular formula is C5H8N2O3S. The molecule has 62 valence electrons. The van der Waals surface area contributed by atoms with Gasteiger partial charge in [-0.05, 0) is 13.8 Å². The molecular weight excluding hydrogens is 168 g/mol. The van der Waals surface area contributed by atoms with E-state index in [0.29, 0.717) is 11.5 Å². The highest BCUT2D eigenvalue weighted by atomic mass is 32.2. The van der Waals surface area contributed by atoms with E-state index in [9.17, 15) is 4.21 Å². The molecule has 0 aliphatic heterocycles. The summed E-state index contributed by atoms with van der Waals surface area (Å²) >= 11 is -2.12. The highest BCUT2D eigenvalue weighted by Crippen LogP contribution is 2.12. The van der Waals surface area contributed by atoms with E-state index in [1.807, 2.05) is 0 Å². The molecule has 11 heavy (non-hydrogen) atoms. The number of nitrogens with zero attached hydrogens (tertiary/aromatic N) is 1. The zero-order valence-electron chi connectivity index (χ0n) is 6.12. The topological polar surface area (TPSA) is 75.4 Å². The third-order valence-electron chi connectivity index (χ3n) is 1.20. The van der Waals surface area contributed by atoms with Crippen LogP contribution in [0.5, 0.6) is 0 Å². The first kappa shape index (κ1) is 8.22. The molecule has 0 aliphatic rings. The molecule has 0 bridgehead atoms. The summed E-state index contributed by atoms with van der Waals surface area (Å²) in [7, 11) is 0. The first-order valence-electron chi connectivity index (χ1n) is 2.91. The van der Waals surface area contributed by atoms with Crippen LogP contribution >= 0.6 is 0 Å². The summed E-state index contributed by atoms with van der Waals surface area (Å²) in [6.45, 7) is 3.48. The van der Waals surface area contributed by atoms with E-state index in [1.54, 1.807) is 13.8 Å². The van der Waals surface area contributed by atoms with E-state index in [1.165, 1.54) is 0 Å². The Bertz CT molecular complexity index is 264. The molecule has 0 spiro atoms. The van der Waals surface area contributed by atoms with E-state index < -0.39 is 11.3 Å². The van der Waals surface area contributed by atoms with Crippen LogP contribution in [0.2, 0.25) is 0 Å². The maximum Gasteiger partial charge on any atom is 0.308 e. The second-order valence-corrected chi connectivity index (χ2v) is 2.71. The number of rotatable bonds is 2. The Morgan fingerprint density at radius 3 is 2.64 bits per heavy atom. The molecule has 0 amide bonds. The minimum atomic E-state index is -2.12. The molecule has 1 rings (SSSR count). The maximum absolute atomic E-state index is 10.2. The van der Waals surface area contributed by atoms with Crippen LogP contribution in [0.25, 0.3) is 0 Å². The van der Waals surface area contributed by atoms with E-state index >= 15 is 0 Å². The number of aryl methyl sites for hydroxylation is 2. The van der Waals surface area contributed by atoms with Gasteiger partial charge in [0.2, 0.25) is 0 Å². The van der Waals surface area contributed by atoms with Gasteiger partial charge in [-0.1, -0.05) is 0 Å². The zero-order valence-corrected chi connectivity index (χ0v) is 6.94. The van der Waals surface area contributed by atoms with Crippen molar-refractivity contribution >= 4 is 17.3 Å². The fourth-order valence-corrected chi connectivity index (χ4v) is 0.828. The van der Waals surface area contributed by atoms with Gasteiger partial charge in [0.15, 0.2) is 0 Å². The minimum absolute atomic E-state index is 0.0702. The summed E-state index contributed by atoms with van der Waals surface area (Å²) in [5.41, 5.74) is 0.706. The summed E-state index contributed by atoms with van der Waals surface area (Å²) in [4.78, 5) is 3.82. The molecule has 0 fully saturated rings. The van der Waals surface area contributed by atoms with Crippen LogP contribution < -0.4 is 4.72 Å². The predicted octanol–water partition coefficient (Wildman–Crippen LogP) is 0.840. The molecule has 1 atom stereocenters. The van der Waals surface area contributed by atoms with Crippen LogP contribution in [0.4, 0.5) is 6.01 Å². The monoisotopic (exact) mass is 176 g/mol. The van der Waals surface area contributed by atoms with Crippen molar-refractivity contribution in [3.05, 3.63) is 11.5 Å². The standard InChI is InChI=1S/C5H8N2O3S/c1-3-4(2)10-5(6-3)7-11(8)9/h1-2H3,(H,6,7)(H,8,9). The molecule has 6 heteroatoms. The van der Waals surface area contributed by atoms with Gasteiger partial charge in [-0.2, -0.15) is 4.98 Å². The lowest BCUT2D eigenvalue weighted by molar-refractivity contribution is 0.536. The smallest absolute Gasteiger partial charge is 0.308 e. The van der Waals surface area contributed by atoms with Crippen LogP contribution in [0.3, 0.4) is 0 Å². The van der Waals surface area contributed by atoms with Crippen LogP contribution in [0.1, 0.15) is 11.5 Å². The largest absolute Gasteiger partial charge is 0.428 e. The van der Waals surface area contributed by atoms with Gasteiger partial charge >= 0.3 is 6.01 Å². The Balaban J connectivity index is 2.81. The average molecular weight is 176 g/mol. The average Bonchev–Trinajstić information content (AvgIpc) is 2.10. The Morgan fingerprint density at radius 1 is 1.64 bits per heavy atom. The van der Waals surface area contributed by atoms with Gasteiger partial charge < -0.3 is 4.42 Å². The Hall–Kier alpha value is -0.880. The summed E-state index contributed by atoms with van der Waals surface area (Å²) in [5.74, 6) is 0.637.